The molecule has 35 heavy (non-hydrogen) atoms. The Morgan fingerprint density at radius 1 is 1.17 bits per heavy atom. The van der Waals surface area contributed by atoms with E-state index in [-0.39, 0.29) is 35.6 Å². The molecule has 0 spiro atoms. The average Bonchev–Trinajstić information content (AvgIpc) is 3.29. The van der Waals surface area contributed by atoms with Gasteiger partial charge in [0.25, 0.3) is 11.6 Å². The minimum atomic E-state index is -0.829. The summed E-state index contributed by atoms with van der Waals surface area (Å²) >= 11 is 5.46. The number of aryl methyl sites for hydroxylation is 1. The molecular formula is C25H25N5O4S. The highest BCUT2D eigenvalue weighted by Crippen LogP contribution is 2.24. The molecule has 0 aliphatic carbocycles. The predicted molar refractivity (Wildman–Crippen MR) is 131 cm³/mol. The second-order valence-corrected chi connectivity index (χ2v) is 8.42. The molecule has 1 saturated heterocycles. The van der Waals surface area contributed by atoms with E-state index in [0.29, 0.717) is 12.2 Å². The molecule has 2 aromatic carbocycles. The van der Waals surface area contributed by atoms with Crippen molar-refractivity contribution in [3.63, 3.8) is 0 Å². The highest BCUT2D eigenvalue weighted by Gasteiger charge is 2.44. The van der Waals surface area contributed by atoms with Crippen molar-refractivity contribution in [1.82, 2.24) is 15.1 Å². The first-order valence-electron chi connectivity index (χ1n) is 11.1. The van der Waals surface area contributed by atoms with Gasteiger partial charge in [-0.25, -0.2) is 0 Å². The van der Waals surface area contributed by atoms with Gasteiger partial charge in [0, 0.05) is 12.2 Å². The normalized spacial score (nSPS) is 15.9. The van der Waals surface area contributed by atoms with Crippen molar-refractivity contribution < 1.29 is 23.9 Å². The van der Waals surface area contributed by atoms with Crippen molar-refractivity contribution in [2.45, 2.75) is 25.9 Å². The maximum atomic E-state index is 13.0. The molecule has 1 unspecified atom stereocenters. The summed E-state index contributed by atoms with van der Waals surface area (Å²) in [7, 11) is 1.57. The molecule has 2 amide bonds. The molecule has 3 aromatic rings. The van der Waals surface area contributed by atoms with Gasteiger partial charge < -0.3 is 19.8 Å². The van der Waals surface area contributed by atoms with E-state index in [0.717, 1.165) is 11.1 Å². The van der Waals surface area contributed by atoms with E-state index in [9.17, 15) is 14.7 Å². The molecule has 0 saturated carbocycles. The maximum absolute atomic E-state index is 13.0. The maximum Gasteiger partial charge on any atom is 0.252 e. The third-order valence-corrected chi connectivity index (χ3v) is 6.21. The van der Waals surface area contributed by atoms with Crippen LogP contribution in [0.5, 0.6) is 5.95 Å². The Kier molecular flexibility index (Phi) is 7.21. The van der Waals surface area contributed by atoms with Gasteiger partial charge in [-0.05, 0) is 42.4 Å². The molecule has 1 fully saturated rings. The van der Waals surface area contributed by atoms with Crippen LogP contribution >= 0.6 is 12.2 Å². The summed E-state index contributed by atoms with van der Waals surface area (Å²) in [6, 6.07) is 16.5. The van der Waals surface area contributed by atoms with Gasteiger partial charge in [-0.15, -0.1) is 0 Å². The van der Waals surface area contributed by atoms with Gasteiger partial charge in [0.2, 0.25) is 5.91 Å². The van der Waals surface area contributed by atoms with Crippen LogP contribution < -0.4 is 15.1 Å². The second-order valence-electron chi connectivity index (χ2n) is 8.06. The van der Waals surface area contributed by atoms with Crippen LogP contribution in [-0.4, -0.2) is 44.6 Å². The lowest BCUT2D eigenvalue weighted by Crippen LogP contribution is -2.42. The predicted octanol–water partition coefficient (Wildman–Crippen LogP) is 2.09. The second kappa shape index (κ2) is 10.5. The van der Waals surface area contributed by atoms with Crippen molar-refractivity contribution >= 4 is 47.0 Å². The summed E-state index contributed by atoms with van der Waals surface area (Å²) in [4.78, 5) is 28.8. The van der Waals surface area contributed by atoms with Gasteiger partial charge >= 0.3 is 0 Å². The fraction of sp³-hybridized carbons (Fsp3) is 0.240. The lowest BCUT2D eigenvalue weighted by atomic mass is 10.1. The summed E-state index contributed by atoms with van der Waals surface area (Å²) in [5.74, 6) is -1.22. The summed E-state index contributed by atoms with van der Waals surface area (Å²) in [6.07, 6.45) is 3.89. The third kappa shape index (κ3) is 5.38. The molecule has 1 N–H and O–H groups in total. The van der Waals surface area contributed by atoms with Crippen LogP contribution in [0.1, 0.15) is 30.2 Å². The number of aromatic nitrogens is 2. The van der Waals surface area contributed by atoms with Crippen LogP contribution in [0.25, 0.3) is 12.2 Å². The van der Waals surface area contributed by atoms with Gasteiger partial charge in [0.15, 0.2) is 18.1 Å². The number of nitrogens with one attached hydrogen (secondary N) is 1. The Hall–Kier alpha value is -4.05. The number of rotatable bonds is 8. The van der Waals surface area contributed by atoms with Crippen molar-refractivity contribution in [1.29, 1.82) is 0 Å². The number of nitrogens with zero attached hydrogens (tertiary/aromatic N) is 4. The van der Waals surface area contributed by atoms with E-state index >= 15 is 0 Å². The van der Waals surface area contributed by atoms with Gasteiger partial charge in [-0.1, -0.05) is 59.3 Å². The summed E-state index contributed by atoms with van der Waals surface area (Å²) in [5.41, 5.74) is 2.94. The molecule has 4 rings (SSSR count). The number of carbonyl (C=O) groups excluding carboxylic acids is 2. The van der Waals surface area contributed by atoms with Crippen LogP contribution in [0.2, 0.25) is 0 Å². The summed E-state index contributed by atoms with van der Waals surface area (Å²) < 4.78 is 5.97. The Morgan fingerprint density at radius 2 is 1.83 bits per heavy atom. The SMILES string of the molecule is CCN1C(=O)C(CC(=O)Nc2ccc(/C=C/c3ccccc3)cc2)N(Cc2c([O-])on[n+]2C)C1=S. The molecule has 1 atom stereocenters. The van der Waals surface area contributed by atoms with Crippen molar-refractivity contribution in [3.05, 3.63) is 71.4 Å². The van der Waals surface area contributed by atoms with Crippen molar-refractivity contribution in [3.8, 4) is 5.95 Å². The number of thiocarbonyl (C=S) groups is 1. The monoisotopic (exact) mass is 491 g/mol. The molecular weight excluding hydrogens is 466 g/mol. The Morgan fingerprint density at radius 3 is 2.43 bits per heavy atom. The number of hydrogen-bond donors (Lipinski definition) is 1. The molecule has 0 radical (unpaired) electrons. The smallest absolute Gasteiger partial charge is 0.252 e. The number of carbonyl (C=O) groups is 2. The van der Waals surface area contributed by atoms with Crippen LogP contribution in [0.4, 0.5) is 5.69 Å². The molecule has 180 valence electrons. The van der Waals surface area contributed by atoms with E-state index in [2.05, 4.69) is 15.1 Å². The number of benzene rings is 2. The number of amides is 2. The standard InChI is InChI=1S/C25H25N5O4S/c1-3-29-23(32)20(30(25(29)35)16-21-24(33)34-27-28(21)2)15-22(31)26-19-13-11-18(12-14-19)10-9-17-7-5-4-6-8-17/h4-14,20H,3,15-16H2,1-2H3,(H-,26,27,31,33)/b10-9+. The molecule has 10 heteroatoms. The number of anilines is 1. The van der Waals surface area contributed by atoms with Gasteiger partial charge in [-0.2, -0.15) is 0 Å². The summed E-state index contributed by atoms with van der Waals surface area (Å²) in [5, 5.41) is 18.7. The fourth-order valence-electron chi connectivity index (χ4n) is 3.84. The largest absolute Gasteiger partial charge is 0.539 e. The quantitative estimate of drug-likeness (QED) is 0.292. The average molecular weight is 492 g/mol. The third-order valence-electron chi connectivity index (χ3n) is 5.75. The van der Waals surface area contributed by atoms with E-state index in [1.807, 2.05) is 54.6 Å². The molecule has 1 aliphatic heterocycles. The highest BCUT2D eigenvalue weighted by molar-refractivity contribution is 7.80. The minimum absolute atomic E-state index is 0.0142. The molecule has 2 heterocycles. The Bertz CT molecular complexity index is 1240. The van der Waals surface area contributed by atoms with E-state index in [4.69, 9.17) is 12.2 Å². The van der Waals surface area contributed by atoms with Crippen LogP contribution in [0.3, 0.4) is 0 Å². The zero-order valence-electron chi connectivity index (χ0n) is 19.4. The first-order valence-corrected chi connectivity index (χ1v) is 11.5. The van der Waals surface area contributed by atoms with Crippen LogP contribution in [-0.2, 0) is 23.2 Å². The number of hydrogen-bond acceptors (Lipinski definition) is 6. The lowest BCUT2D eigenvalue weighted by molar-refractivity contribution is -0.746. The van der Waals surface area contributed by atoms with Crippen LogP contribution in [0, 0.1) is 0 Å². The molecule has 0 bridgehead atoms. The first-order chi connectivity index (χ1) is 16.9. The van der Waals surface area contributed by atoms with Crippen molar-refractivity contribution in [2.75, 3.05) is 11.9 Å². The van der Waals surface area contributed by atoms with Gasteiger partial charge in [0.1, 0.15) is 12.6 Å². The lowest BCUT2D eigenvalue weighted by Gasteiger charge is -2.22. The van der Waals surface area contributed by atoms with Gasteiger partial charge in [-0.3, -0.25) is 14.5 Å². The highest BCUT2D eigenvalue weighted by atomic mass is 32.1. The topological polar surface area (TPSA) is 106 Å². The summed E-state index contributed by atoms with van der Waals surface area (Å²) in [6.45, 7) is 2.18. The Labute approximate surface area is 208 Å². The Balaban J connectivity index is 1.43. The van der Waals surface area contributed by atoms with E-state index in [1.165, 1.54) is 9.58 Å². The first kappa shape index (κ1) is 24.1. The van der Waals surface area contributed by atoms with Crippen LogP contribution in [0.15, 0.2) is 59.1 Å². The van der Waals surface area contributed by atoms with E-state index in [1.54, 1.807) is 31.0 Å². The molecule has 1 aliphatic rings. The van der Waals surface area contributed by atoms with E-state index < -0.39 is 12.0 Å². The zero-order chi connectivity index (χ0) is 24.9. The minimum Gasteiger partial charge on any atom is -0.539 e. The molecule has 9 nitrogen and oxygen atoms in total. The van der Waals surface area contributed by atoms with Gasteiger partial charge in [0.05, 0.1) is 11.7 Å². The zero-order valence-corrected chi connectivity index (χ0v) is 20.2. The molecule has 1 aromatic heterocycles. The van der Waals surface area contributed by atoms with Crippen molar-refractivity contribution in [2.24, 2.45) is 7.05 Å². The number of likely N-dealkylation sites (N-methyl/N-ethyl adjacent to an activating group) is 1. The fourth-order valence-corrected chi connectivity index (χ4v) is 4.26.